The highest BCUT2D eigenvalue weighted by Gasteiger charge is 2.29. The van der Waals surface area contributed by atoms with Crippen LogP contribution in [0.15, 0.2) is 18.2 Å². The summed E-state index contributed by atoms with van der Waals surface area (Å²) in [4.78, 5) is 12.2. The maximum absolute atomic E-state index is 12.2. The summed E-state index contributed by atoms with van der Waals surface area (Å²) in [7, 11) is 1.61. The summed E-state index contributed by atoms with van der Waals surface area (Å²) >= 11 is 0. The van der Waals surface area contributed by atoms with Crippen LogP contribution < -0.4 is 15.4 Å². The Morgan fingerprint density at radius 2 is 2.28 bits per heavy atom. The molecule has 1 fully saturated rings. The Bertz CT molecular complexity index is 445. The summed E-state index contributed by atoms with van der Waals surface area (Å²) < 4.78 is 5.26. The van der Waals surface area contributed by atoms with Gasteiger partial charge in [0.05, 0.1) is 18.8 Å². The number of hydrogen-bond donors (Lipinski definition) is 2. The van der Waals surface area contributed by atoms with E-state index < -0.39 is 0 Å². The van der Waals surface area contributed by atoms with Gasteiger partial charge >= 0.3 is 0 Å². The standard InChI is InChI=1S/C14H20N2O2/c1-9-4-5-12(18-3)11(8-9)16-14(17)13-10(2)6-7-15-13/h4-5,8,10,13,15H,6-7H2,1-3H3,(H,16,17). The van der Waals surface area contributed by atoms with Crippen LogP contribution in [0.5, 0.6) is 5.75 Å². The van der Waals surface area contributed by atoms with Crippen LogP contribution in [-0.2, 0) is 4.79 Å². The predicted octanol–water partition coefficient (Wildman–Crippen LogP) is 1.94. The lowest BCUT2D eigenvalue weighted by atomic mass is 10.0. The second-order valence-electron chi connectivity index (χ2n) is 4.89. The first-order valence-corrected chi connectivity index (χ1v) is 6.30. The van der Waals surface area contributed by atoms with Crippen molar-refractivity contribution >= 4 is 11.6 Å². The number of hydrogen-bond acceptors (Lipinski definition) is 3. The zero-order chi connectivity index (χ0) is 13.1. The van der Waals surface area contributed by atoms with Gasteiger partial charge in [-0.1, -0.05) is 13.0 Å². The van der Waals surface area contributed by atoms with Gasteiger partial charge in [-0.05, 0) is 43.5 Å². The van der Waals surface area contributed by atoms with Gasteiger partial charge < -0.3 is 15.4 Å². The molecule has 1 aliphatic heterocycles. The molecule has 0 radical (unpaired) electrons. The van der Waals surface area contributed by atoms with Crippen LogP contribution in [0.4, 0.5) is 5.69 Å². The summed E-state index contributed by atoms with van der Waals surface area (Å²) in [6.07, 6.45) is 1.04. The first kappa shape index (κ1) is 12.9. The molecule has 98 valence electrons. The Morgan fingerprint density at radius 1 is 1.50 bits per heavy atom. The largest absolute Gasteiger partial charge is 0.495 e. The molecule has 1 heterocycles. The van der Waals surface area contributed by atoms with Gasteiger partial charge in [-0.2, -0.15) is 0 Å². The number of aryl methyl sites for hydroxylation is 1. The van der Waals surface area contributed by atoms with Gasteiger partial charge in [0.25, 0.3) is 0 Å². The fraction of sp³-hybridized carbons (Fsp3) is 0.500. The number of rotatable bonds is 3. The highest BCUT2D eigenvalue weighted by molar-refractivity contribution is 5.96. The molecule has 0 aromatic heterocycles. The first-order valence-electron chi connectivity index (χ1n) is 6.30. The number of anilines is 1. The molecule has 0 bridgehead atoms. The number of carbonyl (C=O) groups is 1. The topological polar surface area (TPSA) is 50.4 Å². The molecule has 4 heteroatoms. The van der Waals surface area contributed by atoms with Gasteiger partial charge in [-0.25, -0.2) is 0 Å². The summed E-state index contributed by atoms with van der Waals surface area (Å²) in [6, 6.07) is 5.66. The van der Waals surface area contributed by atoms with E-state index in [2.05, 4.69) is 17.6 Å². The molecule has 18 heavy (non-hydrogen) atoms. The maximum Gasteiger partial charge on any atom is 0.241 e. The molecular weight excluding hydrogens is 228 g/mol. The highest BCUT2D eigenvalue weighted by atomic mass is 16.5. The van der Waals surface area contributed by atoms with Gasteiger partial charge in [0.15, 0.2) is 0 Å². The van der Waals surface area contributed by atoms with Crippen LogP contribution in [0.25, 0.3) is 0 Å². The third-order valence-corrected chi connectivity index (χ3v) is 3.43. The molecule has 4 nitrogen and oxygen atoms in total. The zero-order valence-electron chi connectivity index (χ0n) is 11.1. The van der Waals surface area contributed by atoms with Gasteiger partial charge in [0, 0.05) is 0 Å². The predicted molar refractivity (Wildman–Crippen MR) is 71.9 cm³/mol. The first-order chi connectivity index (χ1) is 8.61. The third-order valence-electron chi connectivity index (χ3n) is 3.43. The molecule has 2 unspecified atom stereocenters. The van der Waals surface area contributed by atoms with Crippen LogP contribution >= 0.6 is 0 Å². The summed E-state index contributed by atoms with van der Waals surface area (Å²) in [5.41, 5.74) is 1.84. The van der Waals surface area contributed by atoms with Gasteiger partial charge in [0.2, 0.25) is 5.91 Å². The monoisotopic (exact) mass is 248 g/mol. The minimum Gasteiger partial charge on any atom is -0.495 e. The Balaban J connectivity index is 2.13. The molecule has 2 N–H and O–H groups in total. The van der Waals surface area contributed by atoms with E-state index in [1.54, 1.807) is 7.11 Å². The Hall–Kier alpha value is -1.55. The van der Waals surface area contributed by atoms with Crippen molar-refractivity contribution < 1.29 is 9.53 Å². The lowest BCUT2D eigenvalue weighted by Gasteiger charge is -2.17. The van der Waals surface area contributed by atoms with Crippen molar-refractivity contribution in [2.75, 3.05) is 19.0 Å². The summed E-state index contributed by atoms with van der Waals surface area (Å²) in [5.74, 6) is 1.09. The molecule has 0 aliphatic carbocycles. The van der Waals surface area contributed by atoms with Crippen molar-refractivity contribution in [3.05, 3.63) is 23.8 Å². The average Bonchev–Trinajstić information content (AvgIpc) is 2.76. The van der Waals surface area contributed by atoms with Crippen LogP contribution in [0.3, 0.4) is 0 Å². The average molecular weight is 248 g/mol. The fourth-order valence-electron chi connectivity index (χ4n) is 2.32. The number of nitrogens with one attached hydrogen (secondary N) is 2. The molecule has 1 aromatic carbocycles. The lowest BCUT2D eigenvalue weighted by Crippen LogP contribution is -2.39. The van der Waals surface area contributed by atoms with Crippen molar-refractivity contribution in [3.8, 4) is 5.75 Å². The Labute approximate surface area is 108 Å². The molecule has 1 saturated heterocycles. The maximum atomic E-state index is 12.2. The van der Waals surface area contributed by atoms with E-state index in [4.69, 9.17) is 4.74 Å². The molecule has 1 aliphatic rings. The van der Waals surface area contributed by atoms with Crippen molar-refractivity contribution in [1.29, 1.82) is 0 Å². The van der Waals surface area contributed by atoms with Gasteiger partial charge in [-0.3, -0.25) is 4.79 Å². The molecule has 2 rings (SSSR count). The van der Waals surface area contributed by atoms with Crippen LogP contribution in [-0.4, -0.2) is 25.6 Å². The molecule has 2 atom stereocenters. The van der Waals surface area contributed by atoms with E-state index in [1.807, 2.05) is 25.1 Å². The molecule has 0 saturated carbocycles. The van der Waals surface area contributed by atoms with Gasteiger partial charge in [0.1, 0.15) is 5.75 Å². The summed E-state index contributed by atoms with van der Waals surface area (Å²) in [6.45, 7) is 4.99. The van der Waals surface area contributed by atoms with E-state index >= 15 is 0 Å². The molecule has 1 aromatic rings. The summed E-state index contributed by atoms with van der Waals surface area (Å²) in [5, 5.41) is 6.17. The Morgan fingerprint density at radius 3 is 2.89 bits per heavy atom. The van der Waals surface area contributed by atoms with E-state index in [0.717, 1.165) is 24.2 Å². The quantitative estimate of drug-likeness (QED) is 0.859. The number of benzene rings is 1. The van der Waals surface area contributed by atoms with Crippen molar-refractivity contribution in [2.24, 2.45) is 5.92 Å². The normalized spacial score (nSPS) is 22.8. The van der Waals surface area contributed by atoms with E-state index in [-0.39, 0.29) is 11.9 Å². The lowest BCUT2D eigenvalue weighted by molar-refractivity contribution is -0.118. The SMILES string of the molecule is COc1ccc(C)cc1NC(=O)C1NCCC1C. The van der Waals surface area contributed by atoms with Crippen molar-refractivity contribution in [3.63, 3.8) is 0 Å². The number of methoxy groups -OCH3 is 1. The number of ether oxygens (including phenoxy) is 1. The van der Waals surface area contributed by atoms with Gasteiger partial charge in [-0.15, -0.1) is 0 Å². The second kappa shape index (κ2) is 5.40. The zero-order valence-corrected chi connectivity index (χ0v) is 11.1. The van der Waals surface area contributed by atoms with Crippen molar-refractivity contribution in [2.45, 2.75) is 26.3 Å². The van der Waals surface area contributed by atoms with Crippen molar-refractivity contribution in [1.82, 2.24) is 5.32 Å². The number of carbonyl (C=O) groups excluding carboxylic acids is 1. The van der Waals surface area contributed by atoms with E-state index in [0.29, 0.717) is 11.7 Å². The number of amides is 1. The minimum absolute atomic E-state index is 0.0175. The van der Waals surface area contributed by atoms with E-state index in [9.17, 15) is 4.79 Å². The second-order valence-corrected chi connectivity index (χ2v) is 4.89. The molecule has 0 spiro atoms. The highest BCUT2D eigenvalue weighted by Crippen LogP contribution is 2.26. The van der Waals surface area contributed by atoms with Crippen LogP contribution in [0.2, 0.25) is 0 Å². The third kappa shape index (κ3) is 2.64. The smallest absolute Gasteiger partial charge is 0.241 e. The molecular formula is C14H20N2O2. The van der Waals surface area contributed by atoms with Crippen LogP contribution in [0.1, 0.15) is 18.9 Å². The molecule has 1 amide bonds. The van der Waals surface area contributed by atoms with Crippen LogP contribution in [0, 0.1) is 12.8 Å². The van der Waals surface area contributed by atoms with E-state index in [1.165, 1.54) is 0 Å². The minimum atomic E-state index is -0.102. The Kier molecular flexibility index (Phi) is 3.87. The fourth-order valence-corrected chi connectivity index (χ4v) is 2.32.